The fraction of sp³-hybridized carbons (Fsp3) is 0.0698. The molecule has 212 valence electrons. The van der Waals surface area contributed by atoms with Crippen molar-refractivity contribution in [1.29, 1.82) is 0 Å². The van der Waals surface area contributed by atoms with Gasteiger partial charge < -0.3 is 0 Å². The first-order chi connectivity index (χ1) is 22.1. The van der Waals surface area contributed by atoms with Crippen molar-refractivity contribution in [3.05, 3.63) is 157 Å². The van der Waals surface area contributed by atoms with Crippen molar-refractivity contribution in [3.63, 3.8) is 0 Å². The number of hydrogen-bond acceptors (Lipinski definition) is 2. The lowest BCUT2D eigenvalue weighted by Crippen LogP contribution is -2.15. The molecule has 45 heavy (non-hydrogen) atoms. The highest BCUT2D eigenvalue weighted by atomic mass is 14.9. The zero-order valence-electron chi connectivity index (χ0n) is 25.3. The molecule has 0 saturated heterocycles. The zero-order chi connectivity index (χ0) is 30.1. The minimum atomic E-state index is -0.0685. The van der Waals surface area contributed by atoms with Gasteiger partial charge >= 0.3 is 0 Å². The lowest BCUT2D eigenvalue weighted by atomic mass is 9.80. The Morgan fingerprint density at radius 2 is 1.11 bits per heavy atom. The van der Waals surface area contributed by atoms with Crippen LogP contribution in [-0.4, -0.2) is 9.97 Å². The van der Waals surface area contributed by atoms with E-state index < -0.39 is 0 Å². The first kappa shape index (κ1) is 25.9. The molecular formula is C43H30N2. The van der Waals surface area contributed by atoms with E-state index in [1.165, 1.54) is 54.6 Å². The number of rotatable bonds is 3. The second-order valence-corrected chi connectivity index (χ2v) is 12.6. The Morgan fingerprint density at radius 3 is 1.98 bits per heavy atom. The molecule has 2 nitrogen and oxygen atoms in total. The highest BCUT2D eigenvalue weighted by Gasteiger charge is 2.36. The van der Waals surface area contributed by atoms with Crippen molar-refractivity contribution in [2.75, 3.05) is 0 Å². The molecule has 0 unspecified atom stereocenters. The summed E-state index contributed by atoms with van der Waals surface area (Å²) >= 11 is 0. The summed E-state index contributed by atoms with van der Waals surface area (Å²) in [4.78, 5) is 10.5. The Balaban J connectivity index is 1.27. The second-order valence-electron chi connectivity index (χ2n) is 12.6. The number of aromatic nitrogens is 2. The van der Waals surface area contributed by atoms with Crippen LogP contribution < -0.4 is 0 Å². The maximum Gasteiger partial charge on any atom is 0.160 e. The molecule has 9 rings (SSSR count). The van der Waals surface area contributed by atoms with Crippen molar-refractivity contribution in [1.82, 2.24) is 9.97 Å². The van der Waals surface area contributed by atoms with Crippen molar-refractivity contribution in [2.45, 2.75) is 19.3 Å². The minimum Gasteiger partial charge on any atom is -0.228 e. The van der Waals surface area contributed by atoms with E-state index in [1.807, 2.05) is 6.07 Å². The van der Waals surface area contributed by atoms with Gasteiger partial charge in [-0.25, -0.2) is 9.97 Å². The summed E-state index contributed by atoms with van der Waals surface area (Å²) in [6, 6.07) is 52.2. The van der Waals surface area contributed by atoms with Crippen LogP contribution in [0.15, 0.2) is 146 Å². The molecule has 2 heteroatoms. The van der Waals surface area contributed by atoms with Crippen LogP contribution in [0.4, 0.5) is 0 Å². The standard InChI is InChI=1S/C43H30N2/c1-43(2)38-19-11-10-18-35(38)36-23-20-29-24-30(21-22-32(29)41(36)43)42-44-39(27-12-4-3-5-13-27)26-40(45-42)37-25-28-14-6-7-15-31(28)33-16-8-9-17-34(33)37/h3-26H,1-2H3. The van der Waals surface area contributed by atoms with Crippen molar-refractivity contribution < 1.29 is 0 Å². The van der Waals surface area contributed by atoms with E-state index in [9.17, 15) is 0 Å². The van der Waals surface area contributed by atoms with Gasteiger partial charge in [0.1, 0.15) is 0 Å². The topological polar surface area (TPSA) is 25.8 Å². The van der Waals surface area contributed by atoms with E-state index in [-0.39, 0.29) is 5.41 Å². The average Bonchev–Trinajstić information content (AvgIpc) is 3.34. The lowest BCUT2D eigenvalue weighted by molar-refractivity contribution is 0.666. The third kappa shape index (κ3) is 3.96. The van der Waals surface area contributed by atoms with Gasteiger partial charge in [0.05, 0.1) is 11.4 Å². The highest BCUT2D eigenvalue weighted by Crippen LogP contribution is 2.51. The smallest absolute Gasteiger partial charge is 0.160 e. The lowest BCUT2D eigenvalue weighted by Gasteiger charge is -2.23. The first-order valence-corrected chi connectivity index (χ1v) is 15.6. The summed E-state index contributed by atoms with van der Waals surface area (Å²) in [6.45, 7) is 4.69. The molecule has 0 N–H and O–H groups in total. The fourth-order valence-corrected chi connectivity index (χ4v) is 7.50. The third-order valence-electron chi connectivity index (χ3n) is 9.63. The molecule has 0 fully saturated rings. The normalized spacial score (nSPS) is 13.3. The van der Waals surface area contributed by atoms with E-state index >= 15 is 0 Å². The van der Waals surface area contributed by atoms with Gasteiger partial charge in [-0.15, -0.1) is 0 Å². The summed E-state index contributed by atoms with van der Waals surface area (Å²) < 4.78 is 0. The number of benzene rings is 7. The summed E-state index contributed by atoms with van der Waals surface area (Å²) in [5.74, 6) is 0.730. The average molecular weight is 575 g/mol. The summed E-state index contributed by atoms with van der Waals surface area (Å²) in [5, 5.41) is 7.37. The Hall–Kier alpha value is -5.60. The monoisotopic (exact) mass is 574 g/mol. The molecule has 0 bridgehead atoms. The molecule has 1 heterocycles. The maximum absolute atomic E-state index is 5.29. The van der Waals surface area contributed by atoms with E-state index in [1.54, 1.807) is 0 Å². The summed E-state index contributed by atoms with van der Waals surface area (Å²) in [5.41, 5.74) is 10.4. The second kappa shape index (κ2) is 9.70. The SMILES string of the molecule is CC1(C)c2ccccc2-c2ccc3cc(-c4nc(-c5ccccc5)cc(-c5cc6ccccc6c6ccccc56)n4)ccc3c21. The van der Waals surface area contributed by atoms with Crippen molar-refractivity contribution in [3.8, 4) is 45.0 Å². The number of hydrogen-bond donors (Lipinski definition) is 0. The van der Waals surface area contributed by atoms with Crippen LogP contribution in [0, 0.1) is 0 Å². The van der Waals surface area contributed by atoms with Crippen molar-refractivity contribution >= 4 is 32.3 Å². The Labute approximate surface area is 262 Å². The summed E-state index contributed by atoms with van der Waals surface area (Å²) in [6.07, 6.45) is 0. The number of nitrogens with zero attached hydrogens (tertiary/aromatic N) is 2. The van der Waals surface area contributed by atoms with Crippen LogP contribution in [0.5, 0.6) is 0 Å². The van der Waals surface area contributed by atoms with Gasteiger partial charge in [0.2, 0.25) is 0 Å². The van der Waals surface area contributed by atoms with Crippen LogP contribution >= 0.6 is 0 Å². The minimum absolute atomic E-state index is 0.0685. The van der Waals surface area contributed by atoms with Gasteiger partial charge in [-0.1, -0.05) is 141 Å². The third-order valence-corrected chi connectivity index (χ3v) is 9.63. The molecule has 1 aromatic heterocycles. The molecule has 1 aliphatic rings. The molecule has 0 atom stereocenters. The van der Waals surface area contributed by atoms with Gasteiger partial charge in [0.15, 0.2) is 5.82 Å². The molecule has 1 aliphatic carbocycles. The van der Waals surface area contributed by atoms with Gasteiger partial charge in [0.25, 0.3) is 0 Å². The maximum atomic E-state index is 5.29. The molecule has 0 spiro atoms. The predicted octanol–water partition coefficient (Wildman–Crippen LogP) is 11.2. The summed E-state index contributed by atoms with van der Waals surface area (Å²) in [7, 11) is 0. The van der Waals surface area contributed by atoms with E-state index in [0.29, 0.717) is 0 Å². The van der Waals surface area contributed by atoms with Crippen LogP contribution in [0.1, 0.15) is 25.0 Å². The quantitative estimate of drug-likeness (QED) is 0.196. The first-order valence-electron chi connectivity index (χ1n) is 15.6. The largest absolute Gasteiger partial charge is 0.228 e. The van der Waals surface area contributed by atoms with Crippen molar-refractivity contribution in [2.24, 2.45) is 0 Å². The highest BCUT2D eigenvalue weighted by molar-refractivity contribution is 6.13. The predicted molar refractivity (Wildman–Crippen MR) is 188 cm³/mol. The molecule has 0 saturated carbocycles. The molecule has 0 radical (unpaired) electrons. The van der Waals surface area contributed by atoms with Gasteiger partial charge in [-0.05, 0) is 72.8 Å². The molecule has 0 amide bonds. The number of fused-ring (bicyclic) bond motifs is 8. The Morgan fingerprint density at radius 1 is 0.422 bits per heavy atom. The molecular weight excluding hydrogens is 544 g/mol. The van der Waals surface area contributed by atoms with Crippen LogP contribution in [0.2, 0.25) is 0 Å². The van der Waals surface area contributed by atoms with Crippen LogP contribution in [0.3, 0.4) is 0 Å². The van der Waals surface area contributed by atoms with Crippen LogP contribution in [-0.2, 0) is 5.41 Å². The van der Waals surface area contributed by atoms with E-state index in [2.05, 4.69) is 153 Å². The Bertz CT molecular complexity index is 2450. The van der Waals surface area contributed by atoms with Gasteiger partial charge in [-0.3, -0.25) is 0 Å². The fourth-order valence-electron chi connectivity index (χ4n) is 7.50. The van der Waals surface area contributed by atoms with E-state index in [4.69, 9.17) is 9.97 Å². The van der Waals surface area contributed by atoms with Gasteiger partial charge in [-0.2, -0.15) is 0 Å². The van der Waals surface area contributed by atoms with Gasteiger partial charge in [0, 0.05) is 22.1 Å². The molecule has 0 aliphatic heterocycles. The zero-order valence-corrected chi connectivity index (χ0v) is 25.3. The molecule has 7 aromatic carbocycles. The van der Waals surface area contributed by atoms with E-state index in [0.717, 1.165) is 33.9 Å². The van der Waals surface area contributed by atoms with Crippen LogP contribution in [0.25, 0.3) is 77.3 Å². The Kier molecular flexibility index (Phi) is 5.58. The molecule has 8 aromatic rings.